The Kier molecular flexibility index (Phi) is 61.3. The van der Waals surface area contributed by atoms with Crippen molar-refractivity contribution in [3.63, 3.8) is 0 Å². The summed E-state index contributed by atoms with van der Waals surface area (Å²) in [6, 6.07) is 0. The molecule has 0 spiro atoms. The second-order valence-corrected chi connectivity index (χ2v) is 21.3. The Bertz CT molecular complexity index is 1560. The summed E-state index contributed by atoms with van der Waals surface area (Å²) < 4.78 is 16.8. The largest absolute Gasteiger partial charge is 0.462 e. The third-order valence-electron chi connectivity index (χ3n) is 13.8. The highest BCUT2D eigenvalue weighted by Crippen LogP contribution is 2.16. The molecule has 0 aliphatic heterocycles. The first-order valence-corrected chi connectivity index (χ1v) is 32.4. The summed E-state index contributed by atoms with van der Waals surface area (Å²) in [6.45, 7) is 6.50. The first kappa shape index (κ1) is 73.1. The monoisotopic (exact) mass is 1070 g/mol. The van der Waals surface area contributed by atoms with Crippen molar-refractivity contribution in [2.75, 3.05) is 13.2 Å². The highest BCUT2D eigenvalue weighted by Gasteiger charge is 2.19. The lowest BCUT2D eigenvalue weighted by atomic mass is 10.1. The van der Waals surface area contributed by atoms with Crippen molar-refractivity contribution in [2.24, 2.45) is 0 Å². The molecule has 0 N–H and O–H groups in total. The molecule has 0 radical (unpaired) electrons. The van der Waals surface area contributed by atoms with E-state index in [0.717, 1.165) is 122 Å². The molecular formula is C71H120O6. The van der Waals surface area contributed by atoms with Gasteiger partial charge >= 0.3 is 17.9 Å². The fraction of sp³-hybridized carbons (Fsp3) is 0.704. The van der Waals surface area contributed by atoms with Crippen molar-refractivity contribution in [2.45, 2.75) is 309 Å². The number of rotatable bonds is 58. The Hall–Kier alpha value is -3.93. The lowest BCUT2D eigenvalue weighted by Crippen LogP contribution is -2.30. The number of unbranched alkanes of at least 4 members (excludes halogenated alkanes) is 29. The zero-order chi connectivity index (χ0) is 55.7. The second-order valence-electron chi connectivity index (χ2n) is 21.3. The summed E-state index contributed by atoms with van der Waals surface area (Å²) in [5.41, 5.74) is 0. The minimum atomic E-state index is -0.781. The first-order valence-electron chi connectivity index (χ1n) is 32.4. The van der Waals surface area contributed by atoms with Crippen LogP contribution >= 0.6 is 0 Å². The van der Waals surface area contributed by atoms with Gasteiger partial charge in [-0.3, -0.25) is 14.4 Å². The van der Waals surface area contributed by atoms with E-state index in [0.29, 0.717) is 19.3 Å². The molecule has 0 aromatic carbocycles. The second kappa shape index (κ2) is 64.6. The molecule has 0 aromatic heterocycles. The van der Waals surface area contributed by atoms with Gasteiger partial charge in [-0.1, -0.05) is 284 Å². The minimum Gasteiger partial charge on any atom is -0.462 e. The van der Waals surface area contributed by atoms with Gasteiger partial charge in [0.15, 0.2) is 6.10 Å². The summed E-state index contributed by atoms with van der Waals surface area (Å²) >= 11 is 0. The zero-order valence-electron chi connectivity index (χ0n) is 50.4. The molecule has 0 fully saturated rings. The summed E-state index contributed by atoms with van der Waals surface area (Å²) in [4.78, 5) is 38.1. The van der Waals surface area contributed by atoms with Crippen LogP contribution in [0.3, 0.4) is 0 Å². The van der Waals surface area contributed by atoms with Gasteiger partial charge in [-0.15, -0.1) is 0 Å². The summed E-state index contributed by atoms with van der Waals surface area (Å²) in [5, 5.41) is 0. The van der Waals surface area contributed by atoms with Crippen LogP contribution in [0.25, 0.3) is 0 Å². The summed E-state index contributed by atoms with van der Waals surface area (Å²) in [6.07, 6.45) is 88.3. The van der Waals surface area contributed by atoms with Crippen LogP contribution in [0.2, 0.25) is 0 Å². The standard InChI is InChI=1S/C71H120O6/c1-4-7-10-13-16-19-21-23-25-26-27-28-29-30-31-32-33-34-35-36-37-38-39-40-41-42-43-44-46-47-49-52-55-58-61-64-70(73)76-67-68(66-75-69(72)63-60-57-54-51-18-15-12-9-6-3)77-71(74)65-62-59-56-53-50-48-45-24-22-20-17-14-11-8-5-2/h7,10,16,19,23-25,27-28,30-31,33-34,36-37,39-40,45,68H,4-6,8-9,11-15,17-18,20-22,26,29,32,35,38,41-44,46-67H2,1-3H3/b10-7-,19-16-,25-23-,28-27-,31-30-,34-33-,37-36-,40-39-,45-24-. The van der Waals surface area contributed by atoms with Crippen LogP contribution in [0.5, 0.6) is 0 Å². The highest BCUT2D eigenvalue weighted by atomic mass is 16.6. The van der Waals surface area contributed by atoms with Crippen molar-refractivity contribution in [1.82, 2.24) is 0 Å². The normalized spacial score (nSPS) is 12.8. The maximum Gasteiger partial charge on any atom is 0.306 e. The fourth-order valence-electron chi connectivity index (χ4n) is 8.92. The molecule has 0 amide bonds. The van der Waals surface area contributed by atoms with Gasteiger partial charge in [0.05, 0.1) is 0 Å². The van der Waals surface area contributed by atoms with Crippen molar-refractivity contribution < 1.29 is 28.6 Å². The number of esters is 3. The number of ether oxygens (including phenoxy) is 3. The van der Waals surface area contributed by atoms with Crippen molar-refractivity contribution in [3.05, 3.63) is 109 Å². The Morgan fingerprint density at radius 1 is 0.273 bits per heavy atom. The van der Waals surface area contributed by atoms with E-state index in [9.17, 15) is 14.4 Å². The molecule has 0 bridgehead atoms. The maximum atomic E-state index is 12.8. The van der Waals surface area contributed by atoms with Crippen LogP contribution in [-0.4, -0.2) is 37.2 Å². The van der Waals surface area contributed by atoms with Crippen LogP contribution in [0.1, 0.15) is 303 Å². The van der Waals surface area contributed by atoms with E-state index < -0.39 is 6.10 Å². The van der Waals surface area contributed by atoms with Gasteiger partial charge in [-0.2, -0.15) is 0 Å². The molecule has 0 saturated heterocycles. The number of carbonyl (C=O) groups excluding carboxylic acids is 3. The highest BCUT2D eigenvalue weighted by molar-refractivity contribution is 5.71. The minimum absolute atomic E-state index is 0.0795. The van der Waals surface area contributed by atoms with Gasteiger partial charge < -0.3 is 14.2 Å². The third kappa shape index (κ3) is 62.8. The number of hydrogen-bond acceptors (Lipinski definition) is 6. The van der Waals surface area contributed by atoms with Crippen LogP contribution in [-0.2, 0) is 28.6 Å². The number of hydrogen-bond donors (Lipinski definition) is 0. The number of carbonyl (C=O) groups is 3. The van der Waals surface area contributed by atoms with E-state index in [2.05, 4.69) is 130 Å². The first-order chi connectivity index (χ1) is 38.0. The molecule has 440 valence electrons. The molecule has 0 rings (SSSR count). The molecule has 77 heavy (non-hydrogen) atoms. The molecule has 6 heteroatoms. The topological polar surface area (TPSA) is 78.9 Å². The molecule has 6 nitrogen and oxygen atoms in total. The average molecular weight is 1070 g/mol. The van der Waals surface area contributed by atoms with Crippen molar-refractivity contribution in [1.29, 1.82) is 0 Å². The van der Waals surface area contributed by atoms with Crippen LogP contribution in [0.15, 0.2) is 109 Å². The molecule has 0 aliphatic rings. The SMILES string of the molecule is CC/C=C\C/C=C\C/C=C\C/C=C\C/C=C\C/C=C\C/C=C\C/C=C\CCCCCCCCCCCCC(=O)OCC(COC(=O)CCCCCCCCCCC)OC(=O)CCCCCCC/C=C\CCCCCCCC. The van der Waals surface area contributed by atoms with Crippen LogP contribution < -0.4 is 0 Å². The van der Waals surface area contributed by atoms with Gasteiger partial charge in [0.1, 0.15) is 13.2 Å². The van der Waals surface area contributed by atoms with E-state index in [-0.39, 0.29) is 31.1 Å². The lowest BCUT2D eigenvalue weighted by Gasteiger charge is -2.18. The van der Waals surface area contributed by atoms with Crippen molar-refractivity contribution in [3.8, 4) is 0 Å². The molecule has 1 atom stereocenters. The third-order valence-corrected chi connectivity index (χ3v) is 13.8. The van der Waals surface area contributed by atoms with E-state index in [1.54, 1.807) is 0 Å². The molecule has 0 aliphatic carbocycles. The predicted molar refractivity (Wildman–Crippen MR) is 334 cm³/mol. The summed E-state index contributed by atoms with van der Waals surface area (Å²) in [5.74, 6) is -0.889. The molecule has 0 heterocycles. The van der Waals surface area contributed by atoms with Crippen LogP contribution in [0, 0.1) is 0 Å². The lowest BCUT2D eigenvalue weighted by molar-refractivity contribution is -0.167. The predicted octanol–water partition coefficient (Wildman–Crippen LogP) is 22.2. The molecule has 0 saturated carbocycles. The molecule has 0 aromatic rings. The Morgan fingerprint density at radius 3 is 0.805 bits per heavy atom. The van der Waals surface area contributed by atoms with E-state index >= 15 is 0 Å². The van der Waals surface area contributed by atoms with Crippen molar-refractivity contribution >= 4 is 17.9 Å². The van der Waals surface area contributed by atoms with E-state index in [1.165, 1.54) is 141 Å². The van der Waals surface area contributed by atoms with Gasteiger partial charge in [-0.05, 0) is 109 Å². The van der Waals surface area contributed by atoms with Gasteiger partial charge in [-0.25, -0.2) is 0 Å². The van der Waals surface area contributed by atoms with Gasteiger partial charge in [0.2, 0.25) is 0 Å². The quantitative estimate of drug-likeness (QED) is 0.0261. The van der Waals surface area contributed by atoms with E-state index in [4.69, 9.17) is 14.2 Å². The zero-order valence-corrected chi connectivity index (χ0v) is 50.4. The molecular weight excluding hydrogens is 949 g/mol. The average Bonchev–Trinajstić information content (AvgIpc) is 3.43. The summed E-state index contributed by atoms with van der Waals surface area (Å²) in [7, 11) is 0. The Labute approximate surface area is 476 Å². The molecule has 1 unspecified atom stereocenters. The maximum absolute atomic E-state index is 12.8. The van der Waals surface area contributed by atoms with Gasteiger partial charge in [0, 0.05) is 19.3 Å². The fourth-order valence-corrected chi connectivity index (χ4v) is 8.92. The van der Waals surface area contributed by atoms with Crippen LogP contribution in [0.4, 0.5) is 0 Å². The Balaban J connectivity index is 4.14. The van der Waals surface area contributed by atoms with E-state index in [1.807, 2.05) is 0 Å². The Morgan fingerprint density at radius 2 is 0.506 bits per heavy atom. The van der Waals surface area contributed by atoms with Gasteiger partial charge in [0.25, 0.3) is 0 Å². The smallest absolute Gasteiger partial charge is 0.306 e. The number of allylic oxidation sites excluding steroid dienone is 18.